The number of nitrogens with zero attached hydrogens (tertiary/aromatic N) is 4. The van der Waals surface area contributed by atoms with Crippen molar-refractivity contribution >= 4 is 5.91 Å². The molecular weight excluding hydrogens is 308 g/mol. The molecule has 2 aromatic rings. The molecule has 0 N–H and O–H groups in total. The number of likely N-dealkylation sites (N-methyl/N-ethyl adjacent to an activating group) is 1. The predicted molar refractivity (Wildman–Crippen MR) is 87.5 cm³/mol. The van der Waals surface area contributed by atoms with Crippen LogP contribution in [0.1, 0.15) is 33.7 Å². The molecule has 0 spiro atoms. The third kappa shape index (κ3) is 3.32. The van der Waals surface area contributed by atoms with Crippen LogP contribution in [-0.4, -0.2) is 59.6 Å². The van der Waals surface area contributed by atoms with Gasteiger partial charge in [-0.05, 0) is 25.6 Å². The number of methoxy groups -OCH3 is 1. The van der Waals surface area contributed by atoms with Gasteiger partial charge in [-0.15, -0.1) is 0 Å². The van der Waals surface area contributed by atoms with E-state index in [0.29, 0.717) is 37.0 Å². The summed E-state index contributed by atoms with van der Waals surface area (Å²) in [5.74, 6) is 1.17. The number of rotatable bonds is 4. The number of amides is 1. The van der Waals surface area contributed by atoms with E-state index < -0.39 is 0 Å². The fraction of sp³-hybridized carbons (Fsp3) is 0.471. The molecule has 1 saturated heterocycles. The second kappa shape index (κ2) is 7.11. The summed E-state index contributed by atoms with van der Waals surface area (Å²) < 4.78 is 10.5. The number of ether oxygens (including phenoxy) is 1. The van der Waals surface area contributed by atoms with Gasteiger partial charge in [-0.2, -0.15) is 4.98 Å². The van der Waals surface area contributed by atoms with Crippen LogP contribution in [0.25, 0.3) is 0 Å². The van der Waals surface area contributed by atoms with E-state index in [0.717, 1.165) is 12.1 Å². The quantitative estimate of drug-likeness (QED) is 0.849. The van der Waals surface area contributed by atoms with E-state index in [-0.39, 0.29) is 11.9 Å². The van der Waals surface area contributed by atoms with E-state index >= 15 is 0 Å². The molecule has 0 radical (unpaired) electrons. The largest absolute Gasteiger partial charge is 0.380 e. The molecule has 7 nitrogen and oxygen atoms in total. The molecule has 3 rings (SSSR count). The summed E-state index contributed by atoms with van der Waals surface area (Å²) in [4.78, 5) is 21.3. The lowest BCUT2D eigenvalue weighted by molar-refractivity contribution is 0.0485. The van der Waals surface area contributed by atoms with Gasteiger partial charge in [0.25, 0.3) is 5.91 Å². The number of carbonyl (C=O) groups is 1. The minimum absolute atomic E-state index is 0.0111. The second-order valence-electron chi connectivity index (χ2n) is 6.02. The van der Waals surface area contributed by atoms with Crippen molar-refractivity contribution in [1.82, 2.24) is 19.9 Å². The van der Waals surface area contributed by atoms with Crippen molar-refractivity contribution in [3.8, 4) is 0 Å². The standard InChI is InChI=1S/C17H22N4O3/c1-12-18-16(24-19-12)15-10-21(9-8-20(15)2)17(22)14-7-5-4-6-13(14)11-23-3/h4-7,15H,8-11H2,1-3H3/t15-/m0/s1. The predicted octanol–water partition coefficient (Wildman–Crippen LogP) is 1.65. The number of aryl methyl sites for hydroxylation is 1. The first-order valence-corrected chi connectivity index (χ1v) is 7.96. The molecular formula is C17H22N4O3. The van der Waals surface area contributed by atoms with Crippen molar-refractivity contribution in [2.45, 2.75) is 19.6 Å². The Hall–Kier alpha value is -2.25. The molecule has 0 saturated carbocycles. The Labute approximate surface area is 141 Å². The number of piperazine rings is 1. The molecule has 1 aliphatic heterocycles. The Kier molecular flexibility index (Phi) is 4.92. The van der Waals surface area contributed by atoms with Crippen molar-refractivity contribution in [2.24, 2.45) is 0 Å². The lowest BCUT2D eigenvalue weighted by atomic mass is 10.1. The third-order valence-electron chi connectivity index (χ3n) is 4.31. The highest BCUT2D eigenvalue weighted by Gasteiger charge is 2.32. The first-order valence-electron chi connectivity index (χ1n) is 7.96. The van der Waals surface area contributed by atoms with Crippen LogP contribution in [0.5, 0.6) is 0 Å². The monoisotopic (exact) mass is 330 g/mol. The summed E-state index contributed by atoms with van der Waals surface area (Å²) in [5, 5.41) is 3.86. The Bertz CT molecular complexity index is 715. The molecule has 0 aliphatic carbocycles. The van der Waals surface area contributed by atoms with E-state index in [1.54, 1.807) is 14.0 Å². The zero-order chi connectivity index (χ0) is 17.1. The molecule has 0 unspecified atom stereocenters. The van der Waals surface area contributed by atoms with Crippen molar-refractivity contribution in [3.63, 3.8) is 0 Å². The van der Waals surface area contributed by atoms with E-state index in [4.69, 9.17) is 9.26 Å². The van der Waals surface area contributed by atoms with Gasteiger partial charge in [-0.25, -0.2) is 0 Å². The van der Waals surface area contributed by atoms with Gasteiger partial charge in [0.15, 0.2) is 5.82 Å². The Morgan fingerprint density at radius 2 is 2.17 bits per heavy atom. The average molecular weight is 330 g/mol. The van der Waals surface area contributed by atoms with Crippen LogP contribution in [0, 0.1) is 6.92 Å². The molecule has 1 atom stereocenters. The maximum Gasteiger partial charge on any atom is 0.254 e. The van der Waals surface area contributed by atoms with Gasteiger partial charge in [0.05, 0.1) is 6.61 Å². The Morgan fingerprint density at radius 1 is 1.38 bits per heavy atom. The van der Waals surface area contributed by atoms with E-state index in [2.05, 4.69) is 15.0 Å². The molecule has 1 fully saturated rings. The number of hydrogen-bond donors (Lipinski definition) is 0. The third-order valence-corrected chi connectivity index (χ3v) is 4.31. The maximum absolute atomic E-state index is 13.0. The topological polar surface area (TPSA) is 71.7 Å². The van der Waals surface area contributed by atoms with Crippen LogP contribution in [0.3, 0.4) is 0 Å². The summed E-state index contributed by atoms with van der Waals surface area (Å²) in [6.45, 7) is 4.16. The fourth-order valence-electron chi connectivity index (χ4n) is 2.95. The Balaban J connectivity index is 1.81. The molecule has 24 heavy (non-hydrogen) atoms. The van der Waals surface area contributed by atoms with E-state index in [1.807, 2.05) is 36.2 Å². The number of aromatic nitrogens is 2. The molecule has 7 heteroatoms. The maximum atomic E-state index is 13.0. The summed E-state index contributed by atoms with van der Waals surface area (Å²) in [6.07, 6.45) is 0. The second-order valence-corrected chi connectivity index (χ2v) is 6.02. The molecule has 1 aliphatic rings. The van der Waals surface area contributed by atoms with Gasteiger partial charge in [-0.3, -0.25) is 9.69 Å². The van der Waals surface area contributed by atoms with Crippen molar-refractivity contribution in [2.75, 3.05) is 33.8 Å². The fourth-order valence-corrected chi connectivity index (χ4v) is 2.95. The van der Waals surface area contributed by atoms with E-state index in [1.165, 1.54) is 0 Å². The highest BCUT2D eigenvalue weighted by molar-refractivity contribution is 5.95. The zero-order valence-corrected chi connectivity index (χ0v) is 14.2. The van der Waals surface area contributed by atoms with Crippen LogP contribution >= 0.6 is 0 Å². The van der Waals surface area contributed by atoms with Crippen LogP contribution in [-0.2, 0) is 11.3 Å². The van der Waals surface area contributed by atoms with Crippen LogP contribution < -0.4 is 0 Å². The molecule has 2 heterocycles. The Morgan fingerprint density at radius 3 is 2.88 bits per heavy atom. The normalized spacial score (nSPS) is 18.8. The molecule has 0 bridgehead atoms. The summed E-state index contributed by atoms with van der Waals surface area (Å²) in [7, 11) is 3.63. The highest BCUT2D eigenvalue weighted by atomic mass is 16.5. The van der Waals surface area contributed by atoms with Crippen LogP contribution in [0.4, 0.5) is 0 Å². The minimum Gasteiger partial charge on any atom is -0.380 e. The van der Waals surface area contributed by atoms with E-state index in [9.17, 15) is 4.79 Å². The molecule has 1 aromatic carbocycles. The van der Waals surface area contributed by atoms with Gasteiger partial charge in [0.2, 0.25) is 5.89 Å². The molecule has 128 valence electrons. The van der Waals surface area contributed by atoms with Gasteiger partial charge in [0, 0.05) is 32.3 Å². The van der Waals surface area contributed by atoms with Crippen LogP contribution in [0.2, 0.25) is 0 Å². The summed E-state index contributed by atoms with van der Waals surface area (Å²) in [6, 6.07) is 7.48. The van der Waals surface area contributed by atoms with Gasteiger partial charge >= 0.3 is 0 Å². The van der Waals surface area contributed by atoms with Crippen LogP contribution in [0.15, 0.2) is 28.8 Å². The SMILES string of the molecule is COCc1ccccc1C(=O)N1CCN(C)[C@H](c2nc(C)no2)C1. The summed E-state index contributed by atoms with van der Waals surface area (Å²) >= 11 is 0. The number of benzene rings is 1. The van der Waals surface area contributed by atoms with Gasteiger partial charge < -0.3 is 14.2 Å². The van der Waals surface area contributed by atoms with Crippen molar-refractivity contribution in [3.05, 3.63) is 47.1 Å². The number of carbonyl (C=O) groups excluding carboxylic acids is 1. The number of hydrogen-bond acceptors (Lipinski definition) is 6. The zero-order valence-electron chi connectivity index (χ0n) is 14.2. The average Bonchev–Trinajstić information content (AvgIpc) is 3.02. The minimum atomic E-state index is -0.0847. The van der Waals surface area contributed by atoms with Gasteiger partial charge in [-0.1, -0.05) is 23.4 Å². The lowest BCUT2D eigenvalue weighted by Crippen LogP contribution is -2.49. The van der Waals surface area contributed by atoms with Gasteiger partial charge in [0.1, 0.15) is 6.04 Å². The van der Waals surface area contributed by atoms with Crippen molar-refractivity contribution < 1.29 is 14.1 Å². The smallest absolute Gasteiger partial charge is 0.254 e. The highest BCUT2D eigenvalue weighted by Crippen LogP contribution is 2.24. The lowest BCUT2D eigenvalue weighted by Gasteiger charge is -2.37. The molecule has 1 amide bonds. The summed E-state index contributed by atoms with van der Waals surface area (Å²) in [5.41, 5.74) is 1.58. The first kappa shape index (κ1) is 16.6. The molecule has 1 aromatic heterocycles. The first-order chi connectivity index (χ1) is 11.6. The van der Waals surface area contributed by atoms with Crippen molar-refractivity contribution in [1.29, 1.82) is 0 Å².